The van der Waals surface area contributed by atoms with Crippen molar-refractivity contribution in [1.82, 2.24) is 20.5 Å². The van der Waals surface area contributed by atoms with E-state index in [1.807, 2.05) is 22.6 Å². The van der Waals surface area contributed by atoms with Crippen LogP contribution in [0.2, 0.25) is 0 Å². The van der Waals surface area contributed by atoms with Gasteiger partial charge in [0.1, 0.15) is 19.9 Å². The lowest BCUT2D eigenvalue weighted by Gasteiger charge is -2.25. The van der Waals surface area contributed by atoms with Gasteiger partial charge < -0.3 is 20.9 Å². The van der Waals surface area contributed by atoms with Crippen molar-refractivity contribution in [2.45, 2.75) is 10.5 Å². The highest BCUT2D eigenvalue weighted by molar-refractivity contribution is 14.1. The van der Waals surface area contributed by atoms with Gasteiger partial charge in [-0.3, -0.25) is 19.5 Å². The number of carbonyl (C=O) groups is 3. The summed E-state index contributed by atoms with van der Waals surface area (Å²) < 4.78 is 13.3. The number of rotatable bonds is 7. The van der Waals surface area contributed by atoms with Crippen molar-refractivity contribution in [2.75, 3.05) is 10.6 Å². The minimum atomic E-state index is -0.985. The molecule has 0 aliphatic carbocycles. The molecule has 1 atom stereocenters. The number of aromatic amines is 2. The van der Waals surface area contributed by atoms with Crippen LogP contribution in [0.3, 0.4) is 0 Å². The second-order valence-electron chi connectivity index (χ2n) is 8.40. The van der Waals surface area contributed by atoms with E-state index in [4.69, 9.17) is 0 Å². The maximum atomic E-state index is 14.3. The first-order valence-corrected chi connectivity index (χ1v) is 13.2. The Kier molecular flexibility index (Phi) is 6.99. The molecule has 0 spiro atoms. The Labute approximate surface area is 233 Å². The van der Waals surface area contributed by atoms with Gasteiger partial charge in [0.15, 0.2) is 5.82 Å². The molecule has 5 aromatic rings. The third kappa shape index (κ3) is 5.17. The molecule has 0 radical (unpaired) electrons. The summed E-state index contributed by atoms with van der Waals surface area (Å²) in [5.74, 6) is -1.45. The normalized spacial score (nSPS) is 12.6. The Morgan fingerprint density at radius 3 is 2.50 bits per heavy atom. The zero-order valence-corrected chi connectivity index (χ0v) is 22.7. The van der Waals surface area contributed by atoms with Gasteiger partial charge in [-0.1, -0.05) is 30.3 Å². The maximum absolute atomic E-state index is 14.3. The summed E-state index contributed by atoms with van der Waals surface area (Å²) in [5.41, 5.74) is 1.28. The Hall–Kier alpha value is -4.04. The highest BCUT2D eigenvalue weighted by Gasteiger charge is 2.29. The van der Waals surface area contributed by atoms with Crippen LogP contribution in [0.4, 0.5) is 15.9 Å². The number of fused-ring (bicyclic) bond motifs is 1. The largest absolute Gasteiger partial charge is 0.357 e. The molecule has 0 bridgehead atoms. The number of thiophene rings is 1. The number of aromatic nitrogens is 3. The molecule has 3 aromatic heterocycles. The number of alkyl halides is 1. The van der Waals surface area contributed by atoms with Crippen LogP contribution in [0.25, 0.3) is 10.2 Å². The highest BCUT2D eigenvalue weighted by Crippen LogP contribution is 2.33. The predicted octanol–water partition coefficient (Wildman–Crippen LogP) is 5.63. The number of benzene rings is 2. The predicted molar refractivity (Wildman–Crippen MR) is 152 cm³/mol. The molecule has 38 heavy (non-hydrogen) atoms. The van der Waals surface area contributed by atoms with Crippen LogP contribution in [-0.4, -0.2) is 32.9 Å². The van der Waals surface area contributed by atoms with E-state index in [1.165, 1.54) is 6.07 Å². The van der Waals surface area contributed by atoms with E-state index in [2.05, 4.69) is 31.1 Å². The lowest BCUT2D eigenvalue weighted by Crippen LogP contribution is -2.38. The zero-order chi connectivity index (χ0) is 26.9. The lowest BCUT2D eigenvalue weighted by atomic mass is 10.1. The number of H-pyrrole nitrogens is 2. The van der Waals surface area contributed by atoms with Crippen LogP contribution in [0.1, 0.15) is 43.0 Å². The molecule has 192 valence electrons. The maximum Gasteiger partial charge on any atom is 0.272 e. The van der Waals surface area contributed by atoms with Gasteiger partial charge in [0.2, 0.25) is 0 Å². The third-order valence-corrected chi connectivity index (χ3v) is 7.59. The molecule has 0 aliphatic heterocycles. The topological polar surface area (TPSA) is 132 Å². The monoisotopic (exact) mass is 642 g/mol. The molecule has 3 amide bonds. The Morgan fingerprint density at radius 2 is 1.74 bits per heavy atom. The van der Waals surface area contributed by atoms with Crippen LogP contribution >= 0.6 is 33.9 Å². The van der Waals surface area contributed by atoms with Gasteiger partial charge in [0.05, 0.1) is 21.5 Å². The standard InChI is InChI=1S/C26H20FIN6O3S/c1-26(28,16-8-3-4-9-17(16)27)32-24(37)20-13-15-21(33-34-25(15)38-20)31-22(35)14-7-2-5-10-18(14)30-23(36)19-11-6-12-29-19/h2-13,29H,1H3,(H,30,36)(H,32,37)(H2,31,33,34,35)/t26-/m1/s1. The summed E-state index contributed by atoms with van der Waals surface area (Å²) in [4.78, 5) is 42.4. The van der Waals surface area contributed by atoms with E-state index in [0.29, 0.717) is 32.0 Å². The second kappa shape index (κ2) is 10.4. The molecule has 3 heterocycles. The van der Waals surface area contributed by atoms with Gasteiger partial charge in [0.25, 0.3) is 17.7 Å². The number of hydrogen-bond donors (Lipinski definition) is 5. The van der Waals surface area contributed by atoms with Crippen molar-refractivity contribution in [1.29, 1.82) is 0 Å². The van der Waals surface area contributed by atoms with Crippen molar-refractivity contribution >= 4 is 73.4 Å². The molecule has 9 nitrogen and oxygen atoms in total. The first-order chi connectivity index (χ1) is 18.2. The van der Waals surface area contributed by atoms with E-state index in [1.54, 1.807) is 73.8 Å². The number of amides is 3. The molecule has 0 fully saturated rings. The van der Waals surface area contributed by atoms with E-state index >= 15 is 0 Å². The number of nitrogens with one attached hydrogen (secondary N) is 5. The van der Waals surface area contributed by atoms with E-state index < -0.39 is 21.2 Å². The first-order valence-electron chi connectivity index (χ1n) is 11.3. The van der Waals surface area contributed by atoms with Crippen molar-refractivity contribution < 1.29 is 18.8 Å². The number of hydrogen-bond acceptors (Lipinski definition) is 5. The molecule has 12 heteroatoms. The molecular weight excluding hydrogens is 622 g/mol. The van der Waals surface area contributed by atoms with Gasteiger partial charge in [-0.2, -0.15) is 5.10 Å². The van der Waals surface area contributed by atoms with Gasteiger partial charge >= 0.3 is 0 Å². The van der Waals surface area contributed by atoms with Crippen molar-refractivity contribution in [3.63, 3.8) is 0 Å². The average Bonchev–Trinajstić information content (AvgIpc) is 3.63. The average molecular weight is 642 g/mol. The fourth-order valence-corrected chi connectivity index (χ4v) is 5.41. The molecule has 0 unspecified atom stereocenters. The first kappa shape index (κ1) is 25.6. The van der Waals surface area contributed by atoms with Gasteiger partial charge in [-0.15, -0.1) is 11.3 Å². The Bertz CT molecular complexity index is 1660. The fourth-order valence-electron chi connectivity index (χ4n) is 3.83. The molecule has 0 saturated carbocycles. The highest BCUT2D eigenvalue weighted by atomic mass is 127. The molecule has 0 saturated heterocycles. The summed E-state index contributed by atoms with van der Waals surface area (Å²) in [6, 6.07) is 17.8. The number of nitrogens with zero attached hydrogens (tertiary/aromatic N) is 1. The Balaban J connectivity index is 1.34. The minimum absolute atomic E-state index is 0.233. The third-order valence-electron chi connectivity index (χ3n) is 5.70. The number of anilines is 2. The summed E-state index contributed by atoms with van der Waals surface area (Å²) >= 11 is 3.15. The number of halogens is 2. The fraction of sp³-hybridized carbons (Fsp3) is 0.0769. The zero-order valence-electron chi connectivity index (χ0n) is 19.8. The van der Waals surface area contributed by atoms with E-state index in [-0.39, 0.29) is 17.3 Å². The summed E-state index contributed by atoms with van der Waals surface area (Å²) in [6.07, 6.45) is 1.63. The van der Waals surface area contributed by atoms with Crippen LogP contribution in [0.15, 0.2) is 72.9 Å². The number of para-hydroxylation sites is 1. The SMILES string of the molecule is C[C@@](I)(NC(=O)c1cc2c(NC(=O)c3ccccc3NC(=O)c3ccc[nH]3)n[nH]c2s1)c1ccccc1F. The van der Waals surface area contributed by atoms with Crippen LogP contribution in [0.5, 0.6) is 0 Å². The van der Waals surface area contributed by atoms with Crippen LogP contribution < -0.4 is 16.0 Å². The van der Waals surface area contributed by atoms with E-state index in [0.717, 1.165) is 11.3 Å². The quantitative estimate of drug-likeness (QED) is 0.0895. The molecule has 5 rings (SSSR count). The van der Waals surface area contributed by atoms with Crippen LogP contribution in [-0.2, 0) is 3.55 Å². The summed E-state index contributed by atoms with van der Waals surface area (Å²) in [7, 11) is 0. The second-order valence-corrected chi connectivity index (χ2v) is 11.6. The smallest absolute Gasteiger partial charge is 0.272 e. The summed E-state index contributed by atoms with van der Waals surface area (Å²) in [6.45, 7) is 1.71. The van der Waals surface area contributed by atoms with Crippen molar-refractivity contribution in [3.05, 3.63) is 100 Å². The van der Waals surface area contributed by atoms with Crippen molar-refractivity contribution in [3.8, 4) is 0 Å². The van der Waals surface area contributed by atoms with Gasteiger partial charge in [0, 0.05) is 11.8 Å². The molecule has 2 aromatic carbocycles. The van der Waals surface area contributed by atoms with Gasteiger partial charge in [-0.05, 0) is 65.9 Å². The number of carbonyl (C=O) groups excluding carboxylic acids is 3. The molecular formula is C26H20FIN6O3S. The van der Waals surface area contributed by atoms with E-state index in [9.17, 15) is 18.8 Å². The Morgan fingerprint density at radius 1 is 0.974 bits per heavy atom. The minimum Gasteiger partial charge on any atom is -0.357 e. The summed E-state index contributed by atoms with van der Waals surface area (Å²) in [5, 5.41) is 15.9. The molecule has 5 N–H and O–H groups in total. The van der Waals surface area contributed by atoms with Crippen LogP contribution in [0, 0.1) is 5.82 Å². The lowest BCUT2D eigenvalue weighted by molar-refractivity contribution is 0.0938. The van der Waals surface area contributed by atoms with Gasteiger partial charge in [-0.25, -0.2) is 4.39 Å². The van der Waals surface area contributed by atoms with Crippen molar-refractivity contribution in [2.24, 2.45) is 0 Å². The molecule has 0 aliphatic rings.